The molecule has 1 N–H and O–H groups in total. The van der Waals surface area contributed by atoms with Gasteiger partial charge in [-0.2, -0.15) is 0 Å². The van der Waals surface area contributed by atoms with Crippen LogP contribution >= 0.6 is 0 Å². The first-order valence-corrected chi connectivity index (χ1v) is 6.11. The molecule has 0 radical (unpaired) electrons. The van der Waals surface area contributed by atoms with Gasteiger partial charge in [0.1, 0.15) is 13.2 Å². The first-order chi connectivity index (χ1) is 9.15. The molecule has 0 saturated carbocycles. The van der Waals surface area contributed by atoms with Crippen molar-refractivity contribution >= 4 is 5.97 Å². The summed E-state index contributed by atoms with van der Waals surface area (Å²) in [7, 11) is 1.93. The maximum Gasteiger partial charge on any atom is 0.328 e. The number of fused-ring (bicyclic) bond motifs is 1. The van der Waals surface area contributed by atoms with E-state index in [0.29, 0.717) is 19.8 Å². The van der Waals surface area contributed by atoms with Crippen molar-refractivity contribution in [2.24, 2.45) is 0 Å². The second kappa shape index (κ2) is 6.24. The Hall–Kier alpha value is -2.01. The second-order valence-corrected chi connectivity index (χ2v) is 4.42. The van der Waals surface area contributed by atoms with Crippen molar-refractivity contribution in [1.82, 2.24) is 4.90 Å². The maximum atomic E-state index is 10.4. The molecule has 1 aliphatic heterocycles. The van der Waals surface area contributed by atoms with Crippen LogP contribution in [0.1, 0.15) is 5.56 Å². The number of benzene rings is 1. The molecule has 0 aromatic heterocycles. The number of likely N-dealkylation sites (N-methyl/N-ethyl adjacent to an activating group) is 1. The van der Waals surface area contributed by atoms with Gasteiger partial charge >= 0.3 is 5.97 Å². The van der Waals surface area contributed by atoms with Crippen LogP contribution in [0.2, 0.25) is 0 Å². The van der Waals surface area contributed by atoms with Gasteiger partial charge in [-0.1, -0.05) is 12.1 Å². The van der Waals surface area contributed by atoms with E-state index in [1.165, 1.54) is 0 Å². The van der Waals surface area contributed by atoms with Gasteiger partial charge in [-0.25, -0.2) is 4.79 Å². The molecule has 2 rings (SSSR count). The van der Waals surface area contributed by atoms with E-state index in [1.54, 1.807) is 6.08 Å². The molecule has 0 fully saturated rings. The summed E-state index contributed by atoms with van der Waals surface area (Å²) < 4.78 is 11.0. The zero-order valence-corrected chi connectivity index (χ0v) is 10.8. The molecule has 1 aromatic carbocycles. The van der Waals surface area contributed by atoms with Gasteiger partial charge in [-0.05, 0) is 24.7 Å². The molecule has 19 heavy (non-hydrogen) atoms. The Morgan fingerprint density at radius 1 is 1.37 bits per heavy atom. The summed E-state index contributed by atoms with van der Waals surface area (Å²) in [6.07, 6.45) is 2.78. The van der Waals surface area contributed by atoms with Crippen LogP contribution in [0.3, 0.4) is 0 Å². The lowest BCUT2D eigenvalue weighted by Gasteiger charge is -2.20. The number of hydrogen-bond donors (Lipinski definition) is 1. The SMILES string of the molecule is CN(C/C=C/C(=O)O)Cc1ccc2c(c1)OCCO2. The van der Waals surface area contributed by atoms with Crippen molar-refractivity contribution in [2.75, 3.05) is 26.8 Å². The zero-order valence-electron chi connectivity index (χ0n) is 10.8. The molecule has 102 valence electrons. The number of carboxylic acids is 1. The van der Waals surface area contributed by atoms with Gasteiger partial charge in [0.15, 0.2) is 11.5 Å². The highest BCUT2D eigenvalue weighted by Gasteiger charge is 2.12. The molecule has 0 saturated heterocycles. The van der Waals surface area contributed by atoms with Crippen LogP contribution in [0.15, 0.2) is 30.4 Å². The van der Waals surface area contributed by atoms with E-state index in [4.69, 9.17) is 14.6 Å². The summed E-state index contributed by atoms with van der Waals surface area (Å²) in [6, 6.07) is 5.86. The summed E-state index contributed by atoms with van der Waals surface area (Å²) >= 11 is 0. The van der Waals surface area contributed by atoms with Crippen LogP contribution in [-0.2, 0) is 11.3 Å². The summed E-state index contributed by atoms with van der Waals surface area (Å²) in [5.41, 5.74) is 1.11. The van der Waals surface area contributed by atoms with Gasteiger partial charge in [0, 0.05) is 19.2 Å². The van der Waals surface area contributed by atoms with Crippen LogP contribution in [0.25, 0.3) is 0 Å². The molecule has 0 aliphatic carbocycles. The smallest absolute Gasteiger partial charge is 0.328 e. The lowest BCUT2D eigenvalue weighted by atomic mass is 10.2. The number of rotatable bonds is 5. The van der Waals surface area contributed by atoms with Gasteiger partial charge in [0.2, 0.25) is 0 Å². The summed E-state index contributed by atoms with van der Waals surface area (Å²) in [6.45, 7) is 2.47. The molecular formula is C14H17NO4. The molecular weight excluding hydrogens is 246 g/mol. The number of aliphatic carboxylic acids is 1. The average molecular weight is 263 g/mol. The highest BCUT2D eigenvalue weighted by atomic mass is 16.6. The van der Waals surface area contributed by atoms with Crippen LogP contribution in [0, 0.1) is 0 Å². The van der Waals surface area contributed by atoms with Crippen molar-refractivity contribution in [3.63, 3.8) is 0 Å². The van der Waals surface area contributed by atoms with Gasteiger partial charge < -0.3 is 14.6 Å². The Morgan fingerprint density at radius 3 is 2.84 bits per heavy atom. The Kier molecular flexibility index (Phi) is 4.41. The van der Waals surface area contributed by atoms with Crippen LogP contribution in [0.5, 0.6) is 11.5 Å². The Balaban J connectivity index is 1.93. The van der Waals surface area contributed by atoms with E-state index >= 15 is 0 Å². The highest BCUT2D eigenvalue weighted by molar-refractivity contribution is 5.79. The number of carboxylic acid groups (broad SMARTS) is 1. The predicted octanol–water partition coefficient (Wildman–Crippen LogP) is 1.53. The monoisotopic (exact) mass is 263 g/mol. The third kappa shape index (κ3) is 3.99. The molecule has 1 aromatic rings. The largest absolute Gasteiger partial charge is 0.486 e. The molecule has 0 bridgehead atoms. The first-order valence-electron chi connectivity index (χ1n) is 6.11. The van der Waals surface area contributed by atoms with E-state index in [-0.39, 0.29) is 0 Å². The fourth-order valence-corrected chi connectivity index (χ4v) is 1.90. The first kappa shape index (κ1) is 13.4. The summed E-state index contributed by atoms with van der Waals surface area (Å²) in [5, 5.41) is 8.51. The van der Waals surface area contributed by atoms with E-state index in [2.05, 4.69) is 0 Å². The van der Waals surface area contributed by atoms with Crippen LogP contribution in [0.4, 0.5) is 0 Å². The minimum Gasteiger partial charge on any atom is -0.486 e. The lowest BCUT2D eigenvalue weighted by molar-refractivity contribution is -0.131. The van der Waals surface area contributed by atoms with Crippen molar-refractivity contribution < 1.29 is 19.4 Å². The quantitative estimate of drug-likeness (QED) is 0.816. The molecule has 1 heterocycles. The Morgan fingerprint density at radius 2 is 2.11 bits per heavy atom. The van der Waals surface area contributed by atoms with E-state index in [0.717, 1.165) is 29.7 Å². The molecule has 5 nitrogen and oxygen atoms in total. The fourth-order valence-electron chi connectivity index (χ4n) is 1.90. The lowest BCUT2D eigenvalue weighted by Crippen LogP contribution is -2.19. The predicted molar refractivity (Wildman–Crippen MR) is 70.5 cm³/mol. The molecule has 0 spiro atoms. The van der Waals surface area contributed by atoms with Gasteiger partial charge in [0.25, 0.3) is 0 Å². The Labute approximate surface area is 112 Å². The van der Waals surface area contributed by atoms with Crippen LogP contribution < -0.4 is 9.47 Å². The molecule has 0 unspecified atom stereocenters. The minimum atomic E-state index is -0.923. The van der Waals surface area contributed by atoms with Crippen molar-refractivity contribution in [1.29, 1.82) is 0 Å². The Bertz CT molecular complexity index is 484. The van der Waals surface area contributed by atoms with Gasteiger partial charge in [0.05, 0.1) is 0 Å². The van der Waals surface area contributed by atoms with E-state index in [9.17, 15) is 4.79 Å². The standard InChI is InChI=1S/C14H17NO4/c1-15(6-2-3-14(16)17)10-11-4-5-12-13(9-11)19-8-7-18-12/h2-5,9H,6-8,10H2,1H3,(H,16,17)/b3-2+. The van der Waals surface area contributed by atoms with E-state index < -0.39 is 5.97 Å². The minimum absolute atomic E-state index is 0.577. The number of hydrogen-bond acceptors (Lipinski definition) is 4. The molecule has 0 amide bonds. The zero-order chi connectivity index (χ0) is 13.7. The normalized spacial score (nSPS) is 14.0. The highest BCUT2D eigenvalue weighted by Crippen LogP contribution is 2.30. The summed E-state index contributed by atoms with van der Waals surface area (Å²) in [4.78, 5) is 12.4. The molecule has 1 aliphatic rings. The van der Waals surface area contributed by atoms with E-state index in [1.807, 2.05) is 30.1 Å². The average Bonchev–Trinajstić information content (AvgIpc) is 2.38. The second-order valence-electron chi connectivity index (χ2n) is 4.42. The van der Waals surface area contributed by atoms with Crippen molar-refractivity contribution in [2.45, 2.75) is 6.54 Å². The fraction of sp³-hybridized carbons (Fsp3) is 0.357. The number of nitrogens with zero attached hydrogens (tertiary/aromatic N) is 1. The van der Waals surface area contributed by atoms with Crippen molar-refractivity contribution in [3.05, 3.63) is 35.9 Å². The molecule has 5 heteroatoms. The number of carbonyl (C=O) groups is 1. The third-order valence-electron chi connectivity index (χ3n) is 2.74. The van der Waals surface area contributed by atoms with Crippen molar-refractivity contribution in [3.8, 4) is 11.5 Å². The topological polar surface area (TPSA) is 59.0 Å². The third-order valence-corrected chi connectivity index (χ3v) is 2.74. The maximum absolute atomic E-state index is 10.4. The van der Waals surface area contributed by atoms with Gasteiger partial charge in [-0.15, -0.1) is 0 Å². The van der Waals surface area contributed by atoms with Crippen LogP contribution in [-0.4, -0.2) is 42.8 Å². The molecule has 0 atom stereocenters. The van der Waals surface area contributed by atoms with Gasteiger partial charge in [-0.3, -0.25) is 4.90 Å². The summed E-state index contributed by atoms with van der Waals surface area (Å²) in [5.74, 6) is 0.634. The number of ether oxygens (including phenoxy) is 2.